The van der Waals surface area contributed by atoms with Gasteiger partial charge in [-0.15, -0.1) is 10.2 Å². The van der Waals surface area contributed by atoms with Crippen LogP contribution in [-0.4, -0.2) is 33.7 Å². The summed E-state index contributed by atoms with van der Waals surface area (Å²) in [5, 5.41) is 8.70. The van der Waals surface area contributed by atoms with Crippen molar-refractivity contribution in [3.05, 3.63) is 65.0 Å². The lowest BCUT2D eigenvalue weighted by atomic mass is 10.2. The molecule has 1 amide bonds. The fourth-order valence-corrected chi connectivity index (χ4v) is 3.09. The van der Waals surface area contributed by atoms with Crippen LogP contribution in [0.1, 0.15) is 43.4 Å². The van der Waals surface area contributed by atoms with E-state index in [-0.39, 0.29) is 18.6 Å². The number of ether oxygens (including phenoxy) is 1. The average Bonchev–Trinajstić information content (AvgIpc) is 3.16. The molecule has 2 aromatic carbocycles. The lowest BCUT2D eigenvalue weighted by molar-refractivity contribution is 0.0728. The van der Waals surface area contributed by atoms with Crippen molar-refractivity contribution in [1.82, 2.24) is 15.1 Å². The zero-order valence-corrected chi connectivity index (χ0v) is 17.5. The maximum atomic E-state index is 13.0. The Morgan fingerprint density at radius 2 is 1.86 bits per heavy atom. The number of aromatic nitrogens is 2. The SMILES string of the molecule is CCCN(Cc1nnc(-c2ccccc2Cl)o1)C(=O)c1ccc(OC(C)C)cc1. The van der Waals surface area contributed by atoms with Crippen LogP contribution in [0.4, 0.5) is 0 Å². The summed E-state index contributed by atoms with van der Waals surface area (Å²) in [6.07, 6.45) is 0.893. The first-order valence-corrected chi connectivity index (χ1v) is 9.99. The van der Waals surface area contributed by atoms with Crippen molar-refractivity contribution in [2.75, 3.05) is 6.54 Å². The molecular weight excluding hydrogens is 390 g/mol. The average molecular weight is 414 g/mol. The van der Waals surface area contributed by atoms with Gasteiger partial charge in [-0.3, -0.25) is 4.79 Å². The molecule has 0 aliphatic carbocycles. The Hall–Kier alpha value is -2.86. The molecule has 7 heteroatoms. The van der Waals surface area contributed by atoms with Gasteiger partial charge in [0.1, 0.15) is 5.75 Å². The highest BCUT2D eigenvalue weighted by Gasteiger charge is 2.19. The molecule has 0 saturated heterocycles. The summed E-state index contributed by atoms with van der Waals surface area (Å²) in [5.74, 6) is 1.34. The predicted molar refractivity (Wildman–Crippen MR) is 112 cm³/mol. The van der Waals surface area contributed by atoms with Gasteiger partial charge >= 0.3 is 0 Å². The summed E-state index contributed by atoms with van der Waals surface area (Å²) in [6.45, 7) is 6.75. The van der Waals surface area contributed by atoms with Crippen molar-refractivity contribution in [3.8, 4) is 17.2 Å². The van der Waals surface area contributed by atoms with Gasteiger partial charge in [-0.1, -0.05) is 30.7 Å². The van der Waals surface area contributed by atoms with E-state index in [2.05, 4.69) is 10.2 Å². The van der Waals surface area contributed by atoms with E-state index in [9.17, 15) is 4.79 Å². The second-order valence-corrected chi connectivity index (χ2v) is 7.31. The van der Waals surface area contributed by atoms with E-state index in [0.29, 0.717) is 34.5 Å². The van der Waals surface area contributed by atoms with E-state index in [1.807, 2.05) is 39.0 Å². The van der Waals surface area contributed by atoms with Gasteiger partial charge in [0.15, 0.2) is 0 Å². The maximum absolute atomic E-state index is 13.0. The molecule has 0 fully saturated rings. The number of halogens is 1. The summed E-state index contributed by atoms with van der Waals surface area (Å²) in [5.41, 5.74) is 1.25. The van der Waals surface area contributed by atoms with Gasteiger partial charge in [-0.25, -0.2) is 0 Å². The number of hydrogen-bond acceptors (Lipinski definition) is 5. The Balaban J connectivity index is 1.75. The zero-order valence-electron chi connectivity index (χ0n) is 16.8. The van der Waals surface area contributed by atoms with Crippen molar-refractivity contribution in [2.24, 2.45) is 0 Å². The number of nitrogens with zero attached hydrogens (tertiary/aromatic N) is 3. The van der Waals surface area contributed by atoms with Crippen molar-refractivity contribution in [1.29, 1.82) is 0 Å². The summed E-state index contributed by atoms with van der Waals surface area (Å²) < 4.78 is 11.4. The fourth-order valence-electron chi connectivity index (χ4n) is 2.88. The van der Waals surface area contributed by atoms with Crippen LogP contribution >= 0.6 is 11.6 Å². The third-order valence-corrected chi connectivity index (χ3v) is 4.48. The van der Waals surface area contributed by atoms with E-state index >= 15 is 0 Å². The van der Waals surface area contributed by atoms with Gasteiger partial charge in [-0.2, -0.15) is 0 Å². The number of carbonyl (C=O) groups is 1. The van der Waals surface area contributed by atoms with Gasteiger partial charge < -0.3 is 14.1 Å². The van der Waals surface area contributed by atoms with Crippen molar-refractivity contribution in [2.45, 2.75) is 39.8 Å². The first kappa shape index (κ1) is 20.9. The lowest BCUT2D eigenvalue weighted by Crippen LogP contribution is -2.31. The van der Waals surface area contributed by atoms with Gasteiger partial charge in [-0.05, 0) is 56.7 Å². The van der Waals surface area contributed by atoms with Gasteiger partial charge in [0.05, 0.1) is 23.2 Å². The highest BCUT2D eigenvalue weighted by atomic mass is 35.5. The van der Waals surface area contributed by atoms with Crippen LogP contribution in [0, 0.1) is 0 Å². The number of amides is 1. The maximum Gasteiger partial charge on any atom is 0.254 e. The van der Waals surface area contributed by atoms with Crippen LogP contribution in [-0.2, 0) is 6.54 Å². The Kier molecular flexibility index (Phi) is 6.88. The molecular formula is C22H24ClN3O3. The normalized spacial score (nSPS) is 10.9. The molecule has 0 aliphatic rings. The standard InChI is InChI=1S/C22H24ClN3O3/c1-4-13-26(22(27)16-9-11-17(12-10-16)28-15(2)3)14-20-24-25-21(29-20)18-7-5-6-8-19(18)23/h5-12,15H,4,13-14H2,1-3H3. The van der Waals surface area contributed by atoms with E-state index < -0.39 is 0 Å². The minimum absolute atomic E-state index is 0.0815. The molecule has 0 bridgehead atoms. The zero-order chi connectivity index (χ0) is 20.8. The van der Waals surface area contributed by atoms with Crippen LogP contribution in [0.3, 0.4) is 0 Å². The quantitative estimate of drug-likeness (QED) is 0.505. The molecule has 0 unspecified atom stereocenters. The summed E-state index contributed by atoms with van der Waals surface area (Å²) in [4.78, 5) is 14.7. The molecule has 0 atom stereocenters. The first-order valence-electron chi connectivity index (χ1n) is 9.61. The molecule has 0 aliphatic heterocycles. The van der Waals surface area contributed by atoms with Gasteiger partial charge in [0, 0.05) is 12.1 Å². The van der Waals surface area contributed by atoms with E-state index in [1.165, 1.54) is 0 Å². The van der Waals surface area contributed by atoms with E-state index in [4.69, 9.17) is 20.8 Å². The van der Waals surface area contributed by atoms with Crippen LogP contribution in [0.25, 0.3) is 11.5 Å². The molecule has 3 aromatic rings. The predicted octanol–water partition coefficient (Wildman–Crippen LogP) is 5.23. The Bertz CT molecular complexity index is 954. The van der Waals surface area contributed by atoms with Gasteiger partial charge in [0.2, 0.25) is 11.8 Å². The Morgan fingerprint density at radius 3 is 2.52 bits per heavy atom. The van der Waals surface area contributed by atoms with Crippen molar-refractivity contribution in [3.63, 3.8) is 0 Å². The second-order valence-electron chi connectivity index (χ2n) is 6.90. The molecule has 1 aromatic heterocycles. The van der Waals surface area contributed by atoms with E-state index in [1.54, 1.807) is 35.2 Å². The summed E-state index contributed by atoms with van der Waals surface area (Å²) in [7, 11) is 0. The van der Waals surface area contributed by atoms with Crippen molar-refractivity contribution < 1.29 is 13.9 Å². The molecule has 1 heterocycles. The minimum Gasteiger partial charge on any atom is -0.491 e. The third-order valence-electron chi connectivity index (χ3n) is 4.15. The number of benzene rings is 2. The molecule has 0 spiro atoms. The van der Waals surface area contributed by atoms with Crippen LogP contribution in [0.15, 0.2) is 52.9 Å². The summed E-state index contributed by atoms with van der Waals surface area (Å²) >= 11 is 6.20. The lowest BCUT2D eigenvalue weighted by Gasteiger charge is -2.20. The van der Waals surface area contributed by atoms with Crippen LogP contribution < -0.4 is 4.74 Å². The number of carbonyl (C=O) groups excluding carboxylic acids is 1. The van der Waals surface area contributed by atoms with Gasteiger partial charge in [0.25, 0.3) is 5.91 Å². The molecule has 0 radical (unpaired) electrons. The number of hydrogen-bond donors (Lipinski definition) is 0. The molecule has 0 saturated carbocycles. The molecule has 29 heavy (non-hydrogen) atoms. The van der Waals surface area contributed by atoms with Crippen LogP contribution in [0.2, 0.25) is 5.02 Å². The second kappa shape index (κ2) is 9.56. The van der Waals surface area contributed by atoms with Crippen LogP contribution in [0.5, 0.6) is 5.75 Å². The molecule has 152 valence electrons. The third kappa shape index (κ3) is 5.35. The Labute approximate surface area is 175 Å². The fraction of sp³-hybridized carbons (Fsp3) is 0.318. The molecule has 3 rings (SSSR count). The highest BCUT2D eigenvalue weighted by Crippen LogP contribution is 2.26. The highest BCUT2D eigenvalue weighted by molar-refractivity contribution is 6.33. The first-order chi connectivity index (χ1) is 14.0. The molecule has 0 N–H and O–H groups in total. The monoisotopic (exact) mass is 413 g/mol. The minimum atomic E-state index is -0.0968. The largest absolute Gasteiger partial charge is 0.491 e. The molecule has 6 nitrogen and oxygen atoms in total. The topological polar surface area (TPSA) is 68.5 Å². The smallest absolute Gasteiger partial charge is 0.254 e. The number of rotatable bonds is 8. The van der Waals surface area contributed by atoms with Crippen molar-refractivity contribution >= 4 is 17.5 Å². The summed E-state index contributed by atoms with van der Waals surface area (Å²) in [6, 6.07) is 14.4. The van der Waals surface area contributed by atoms with E-state index in [0.717, 1.165) is 12.2 Å². The Morgan fingerprint density at radius 1 is 1.14 bits per heavy atom.